The van der Waals surface area contributed by atoms with Gasteiger partial charge >= 0.3 is 5.97 Å². The SMILES string of the molecule is CCC(COC)OC(C)=O. The zero-order chi connectivity index (χ0) is 7.98. The number of esters is 1. The van der Waals surface area contributed by atoms with E-state index in [-0.39, 0.29) is 12.1 Å². The van der Waals surface area contributed by atoms with Crippen molar-refractivity contribution < 1.29 is 14.3 Å². The third-order valence-corrected chi connectivity index (χ3v) is 1.14. The summed E-state index contributed by atoms with van der Waals surface area (Å²) in [5, 5.41) is 0. The van der Waals surface area contributed by atoms with E-state index < -0.39 is 0 Å². The Bertz CT molecular complexity index is 101. The summed E-state index contributed by atoms with van der Waals surface area (Å²) in [6, 6.07) is 0. The Hall–Kier alpha value is -0.570. The maximum Gasteiger partial charge on any atom is 0.302 e. The van der Waals surface area contributed by atoms with Crippen LogP contribution in [0.2, 0.25) is 0 Å². The number of methoxy groups -OCH3 is 1. The lowest BCUT2D eigenvalue weighted by atomic mass is 10.3. The van der Waals surface area contributed by atoms with Crippen molar-refractivity contribution in [1.82, 2.24) is 0 Å². The van der Waals surface area contributed by atoms with E-state index in [4.69, 9.17) is 9.47 Å². The van der Waals surface area contributed by atoms with Crippen molar-refractivity contribution in [2.75, 3.05) is 13.7 Å². The highest BCUT2D eigenvalue weighted by molar-refractivity contribution is 5.66. The van der Waals surface area contributed by atoms with Gasteiger partial charge in [0, 0.05) is 14.0 Å². The van der Waals surface area contributed by atoms with Gasteiger partial charge < -0.3 is 9.47 Å². The molecule has 0 aromatic carbocycles. The molecule has 0 aliphatic heterocycles. The summed E-state index contributed by atoms with van der Waals surface area (Å²) in [7, 11) is 1.59. The van der Waals surface area contributed by atoms with Crippen molar-refractivity contribution in [1.29, 1.82) is 0 Å². The van der Waals surface area contributed by atoms with E-state index in [1.54, 1.807) is 7.11 Å². The van der Waals surface area contributed by atoms with Gasteiger partial charge in [-0.05, 0) is 6.42 Å². The maximum atomic E-state index is 10.4. The first kappa shape index (κ1) is 9.43. The monoisotopic (exact) mass is 146 g/mol. The van der Waals surface area contributed by atoms with Gasteiger partial charge in [0.05, 0.1) is 6.61 Å². The smallest absolute Gasteiger partial charge is 0.302 e. The number of carbonyl (C=O) groups excluding carboxylic acids is 1. The van der Waals surface area contributed by atoms with Gasteiger partial charge in [0.15, 0.2) is 0 Å². The van der Waals surface area contributed by atoms with Gasteiger partial charge in [0.25, 0.3) is 0 Å². The molecule has 60 valence electrons. The molecule has 0 saturated heterocycles. The topological polar surface area (TPSA) is 35.5 Å². The Morgan fingerprint density at radius 3 is 2.50 bits per heavy atom. The minimum absolute atomic E-state index is 0.0810. The largest absolute Gasteiger partial charge is 0.460 e. The number of hydrogen-bond acceptors (Lipinski definition) is 3. The molecule has 3 heteroatoms. The lowest BCUT2D eigenvalue weighted by Crippen LogP contribution is -2.20. The molecule has 0 amide bonds. The van der Waals surface area contributed by atoms with Crippen LogP contribution in [0.3, 0.4) is 0 Å². The average Bonchev–Trinajstić information content (AvgIpc) is 1.86. The first-order valence-corrected chi connectivity index (χ1v) is 3.36. The van der Waals surface area contributed by atoms with Crippen LogP contribution in [-0.2, 0) is 14.3 Å². The third-order valence-electron chi connectivity index (χ3n) is 1.14. The molecule has 0 bridgehead atoms. The molecule has 0 rings (SSSR count). The third kappa shape index (κ3) is 4.32. The first-order valence-electron chi connectivity index (χ1n) is 3.36. The Morgan fingerprint density at radius 1 is 1.60 bits per heavy atom. The molecular formula is C7H14O3. The van der Waals surface area contributed by atoms with Crippen LogP contribution in [-0.4, -0.2) is 25.8 Å². The molecule has 10 heavy (non-hydrogen) atoms. The molecule has 1 atom stereocenters. The lowest BCUT2D eigenvalue weighted by Gasteiger charge is -2.12. The Labute approximate surface area is 61.3 Å². The van der Waals surface area contributed by atoms with Gasteiger partial charge in [-0.15, -0.1) is 0 Å². The van der Waals surface area contributed by atoms with E-state index in [2.05, 4.69) is 0 Å². The summed E-state index contributed by atoms with van der Waals surface area (Å²) < 4.78 is 9.69. The van der Waals surface area contributed by atoms with E-state index in [1.807, 2.05) is 6.92 Å². The predicted molar refractivity (Wildman–Crippen MR) is 37.7 cm³/mol. The fraction of sp³-hybridized carbons (Fsp3) is 0.857. The molecule has 0 heterocycles. The van der Waals surface area contributed by atoms with Crippen LogP contribution in [0.15, 0.2) is 0 Å². The van der Waals surface area contributed by atoms with Crippen molar-refractivity contribution >= 4 is 5.97 Å². The van der Waals surface area contributed by atoms with Gasteiger partial charge in [0.1, 0.15) is 6.10 Å². The second-order valence-electron chi connectivity index (χ2n) is 2.10. The molecule has 1 unspecified atom stereocenters. The fourth-order valence-corrected chi connectivity index (χ4v) is 0.656. The average molecular weight is 146 g/mol. The van der Waals surface area contributed by atoms with Crippen LogP contribution in [0.5, 0.6) is 0 Å². The van der Waals surface area contributed by atoms with Gasteiger partial charge in [0.2, 0.25) is 0 Å². The number of hydrogen-bond donors (Lipinski definition) is 0. The quantitative estimate of drug-likeness (QED) is 0.554. The summed E-state index contributed by atoms with van der Waals surface area (Å²) in [5.41, 5.74) is 0. The van der Waals surface area contributed by atoms with Crippen LogP contribution in [0.25, 0.3) is 0 Å². The standard InChI is InChI=1S/C7H14O3/c1-4-7(5-9-3)10-6(2)8/h7H,4-5H2,1-3H3. The van der Waals surface area contributed by atoms with Crippen molar-refractivity contribution in [2.24, 2.45) is 0 Å². The summed E-state index contributed by atoms with van der Waals surface area (Å²) in [6.07, 6.45) is 0.718. The van der Waals surface area contributed by atoms with Crippen LogP contribution in [0.4, 0.5) is 0 Å². The van der Waals surface area contributed by atoms with Crippen LogP contribution in [0.1, 0.15) is 20.3 Å². The van der Waals surface area contributed by atoms with Crippen molar-refractivity contribution in [3.63, 3.8) is 0 Å². The van der Waals surface area contributed by atoms with E-state index in [0.717, 1.165) is 6.42 Å². The molecule has 0 radical (unpaired) electrons. The molecule has 0 aliphatic rings. The molecular weight excluding hydrogens is 132 g/mol. The summed E-state index contributed by atoms with van der Waals surface area (Å²) >= 11 is 0. The Balaban J connectivity index is 3.49. The molecule has 0 saturated carbocycles. The van der Waals surface area contributed by atoms with E-state index in [0.29, 0.717) is 6.61 Å². The van der Waals surface area contributed by atoms with E-state index in [1.165, 1.54) is 6.92 Å². The van der Waals surface area contributed by atoms with Gasteiger partial charge in [-0.2, -0.15) is 0 Å². The highest BCUT2D eigenvalue weighted by Gasteiger charge is 2.07. The lowest BCUT2D eigenvalue weighted by molar-refractivity contribution is -0.148. The Kier molecular flexibility index (Phi) is 4.94. The fourth-order valence-electron chi connectivity index (χ4n) is 0.656. The van der Waals surface area contributed by atoms with Crippen molar-refractivity contribution in [2.45, 2.75) is 26.4 Å². The highest BCUT2D eigenvalue weighted by Crippen LogP contribution is 1.97. The second kappa shape index (κ2) is 5.23. The normalized spacial score (nSPS) is 12.7. The van der Waals surface area contributed by atoms with Gasteiger partial charge in [-0.3, -0.25) is 4.79 Å². The number of ether oxygens (including phenoxy) is 2. The number of rotatable bonds is 4. The van der Waals surface area contributed by atoms with E-state index in [9.17, 15) is 4.79 Å². The minimum atomic E-state index is -0.246. The van der Waals surface area contributed by atoms with Crippen LogP contribution >= 0.6 is 0 Å². The second-order valence-corrected chi connectivity index (χ2v) is 2.10. The molecule has 0 aromatic rings. The molecule has 0 fully saturated rings. The molecule has 3 nitrogen and oxygen atoms in total. The van der Waals surface area contributed by atoms with Crippen molar-refractivity contribution in [3.05, 3.63) is 0 Å². The van der Waals surface area contributed by atoms with E-state index >= 15 is 0 Å². The molecule has 0 aromatic heterocycles. The van der Waals surface area contributed by atoms with Crippen molar-refractivity contribution in [3.8, 4) is 0 Å². The zero-order valence-electron chi connectivity index (χ0n) is 6.72. The van der Waals surface area contributed by atoms with Crippen LogP contribution in [0, 0.1) is 0 Å². The summed E-state index contributed by atoms with van der Waals surface area (Å²) in [6.45, 7) is 3.83. The highest BCUT2D eigenvalue weighted by atomic mass is 16.6. The van der Waals surface area contributed by atoms with Crippen LogP contribution < -0.4 is 0 Å². The Morgan fingerprint density at radius 2 is 2.20 bits per heavy atom. The minimum Gasteiger partial charge on any atom is -0.460 e. The van der Waals surface area contributed by atoms with Gasteiger partial charge in [-0.1, -0.05) is 6.92 Å². The summed E-state index contributed by atoms with van der Waals surface area (Å²) in [5.74, 6) is -0.246. The zero-order valence-corrected chi connectivity index (χ0v) is 6.72. The summed E-state index contributed by atoms with van der Waals surface area (Å²) in [4.78, 5) is 10.4. The molecule has 0 N–H and O–H groups in total. The molecule has 0 spiro atoms. The molecule has 0 aliphatic carbocycles. The maximum absolute atomic E-state index is 10.4. The number of carbonyl (C=O) groups is 1. The predicted octanol–water partition coefficient (Wildman–Crippen LogP) is 0.974. The first-order chi connectivity index (χ1) is 4.70. The van der Waals surface area contributed by atoms with Gasteiger partial charge in [-0.25, -0.2) is 0 Å².